The van der Waals surface area contributed by atoms with Gasteiger partial charge in [0.15, 0.2) is 0 Å². The number of carboxylic acids is 1. The van der Waals surface area contributed by atoms with Crippen molar-refractivity contribution in [1.82, 2.24) is 10.2 Å². The van der Waals surface area contributed by atoms with Crippen molar-refractivity contribution in [3.8, 4) is 0 Å². The lowest BCUT2D eigenvalue weighted by Crippen LogP contribution is -2.49. The number of hydrogen-bond donors (Lipinski definition) is 2. The summed E-state index contributed by atoms with van der Waals surface area (Å²) in [5, 5.41) is 12.3. The van der Waals surface area contributed by atoms with Crippen LogP contribution in [-0.4, -0.2) is 41.6 Å². The van der Waals surface area contributed by atoms with Gasteiger partial charge in [-0.05, 0) is 32.1 Å². The molecule has 0 bridgehead atoms. The van der Waals surface area contributed by atoms with Gasteiger partial charge in [-0.2, -0.15) is 0 Å². The van der Waals surface area contributed by atoms with Crippen LogP contribution in [0.25, 0.3) is 0 Å². The molecule has 0 aromatic heterocycles. The van der Waals surface area contributed by atoms with Gasteiger partial charge in [-0.1, -0.05) is 33.1 Å². The normalized spacial score (nSPS) is 19.1. The zero-order valence-electron chi connectivity index (χ0n) is 13.8. The summed E-state index contributed by atoms with van der Waals surface area (Å²) in [4.78, 5) is 25.4. The monoisotopic (exact) mass is 298 g/mol. The van der Waals surface area contributed by atoms with Crippen molar-refractivity contribution in [2.24, 2.45) is 11.3 Å². The number of hydrogen-bond acceptors (Lipinski definition) is 2. The Morgan fingerprint density at radius 2 is 1.76 bits per heavy atom. The molecule has 1 atom stereocenters. The molecule has 0 aliphatic heterocycles. The van der Waals surface area contributed by atoms with Crippen LogP contribution < -0.4 is 5.32 Å². The molecule has 0 heterocycles. The smallest absolute Gasteiger partial charge is 0.317 e. The SMILES string of the molecule is CC(C)CC(C)N(C)C(=O)NCC1(C(=O)O)CCCCC1. The lowest BCUT2D eigenvalue weighted by molar-refractivity contribution is -0.150. The topological polar surface area (TPSA) is 69.6 Å². The number of urea groups is 1. The Kier molecular flexibility index (Phi) is 6.49. The predicted octanol–water partition coefficient (Wildman–Crippen LogP) is 3.10. The van der Waals surface area contributed by atoms with E-state index >= 15 is 0 Å². The van der Waals surface area contributed by atoms with Gasteiger partial charge in [0.05, 0.1) is 5.41 Å². The van der Waals surface area contributed by atoms with Crippen molar-refractivity contribution in [3.63, 3.8) is 0 Å². The summed E-state index contributed by atoms with van der Waals surface area (Å²) in [6.45, 7) is 6.51. The molecule has 1 aliphatic carbocycles. The van der Waals surface area contributed by atoms with E-state index in [4.69, 9.17) is 0 Å². The maximum Gasteiger partial charge on any atom is 0.317 e. The summed E-state index contributed by atoms with van der Waals surface area (Å²) in [7, 11) is 1.77. The Hall–Kier alpha value is -1.26. The number of carbonyl (C=O) groups is 2. The molecule has 0 spiro atoms. The van der Waals surface area contributed by atoms with Gasteiger partial charge in [-0.15, -0.1) is 0 Å². The second kappa shape index (κ2) is 7.66. The summed E-state index contributed by atoms with van der Waals surface area (Å²) < 4.78 is 0. The van der Waals surface area contributed by atoms with Gasteiger partial charge in [0.25, 0.3) is 0 Å². The Morgan fingerprint density at radius 1 is 1.19 bits per heavy atom. The van der Waals surface area contributed by atoms with E-state index in [0.29, 0.717) is 18.8 Å². The molecule has 2 amide bonds. The molecule has 122 valence electrons. The molecule has 0 radical (unpaired) electrons. The Bertz CT molecular complexity index is 363. The Morgan fingerprint density at radius 3 is 2.24 bits per heavy atom. The quantitative estimate of drug-likeness (QED) is 0.791. The van der Waals surface area contributed by atoms with E-state index in [1.165, 1.54) is 0 Å². The van der Waals surface area contributed by atoms with Gasteiger partial charge in [0.2, 0.25) is 0 Å². The molecule has 5 heteroatoms. The van der Waals surface area contributed by atoms with Crippen molar-refractivity contribution in [3.05, 3.63) is 0 Å². The van der Waals surface area contributed by atoms with E-state index < -0.39 is 11.4 Å². The molecule has 1 aliphatic rings. The summed E-state index contributed by atoms with van der Waals surface area (Å²) in [6.07, 6.45) is 5.22. The van der Waals surface area contributed by atoms with E-state index in [1.54, 1.807) is 11.9 Å². The van der Waals surface area contributed by atoms with Gasteiger partial charge in [0.1, 0.15) is 0 Å². The van der Waals surface area contributed by atoms with E-state index in [1.807, 2.05) is 6.92 Å². The summed E-state index contributed by atoms with van der Waals surface area (Å²) >= 11 is 0. The largest absolute Gasteiger partial charge is 0.481 e. The zero-order valence-corrected chi connectivity index (χ0v) is 13.8. The van der Waals surface area contributed by atoms with Crippen LogP contribution in [-0.2, 0) is 4.79 Å². The molecule has 0 saturated heterocycles. The van der Waals surface area contributed by atoms with Crippen LogP contribution in [0, 0.1) is 11.3 Å². The van der Waals surface area contributed by atoms with E-state index in [0.717, 1.165) is 25.7 Å². The average Bonchev–Trinajstić information content (AvgIpc) is 2.44. The minimum Gasteiger partial charge on any atom is -0.481 e. The van der Waals surface area contributed by atoms with Crippen LogP contribution in [0.3, 0.4) is 0 Å². The molecule has 1 fully saturated rings. The summed E-state index contributed by atoms with van der Waals surface area (Å²) in [5.74, 6) is -0.251. The minimum absolute atomic E-state index is 0.150. The number of nitrogens with one attached hydrogen (secondary N) is 1. The van der Waals surface area contributed by atoms with Crippen molar-refractivity contribution < 1.29 is 14.7 Å². The van der Waals surface area contributed by atoms with Crippen LogP contribution in [0.2, 0.25) is 0 Å². The summed E-state index contributed by atoms with van der Waals surface area (Å²) in [5.41, 5.74) is -0.768. The van der Waals surface area contributed by atoms with Gasteiger partial charge in [0, 0.05) is 19.6 Å². The molecule has 5 nitrogen and oxygen atoms in total. The van der Waals surface area contributed by atoms with Gasteiger partial charge >= 0.3 is 12.0 Å². The second-order valence-corrected chi connectivity index (χ2v) is 6.89. The van der Waals surface area contributed by atoms with Crippen LogP contribution in [0.4, 0.5) is 4.79 Å². The molecular weight excluding hydrogens is 268 g/mol. The first kappa shape index (κ1) is 17.8. The fourth-order valence-corrected chi connectivity index (χ4v) is 3.10. The number of aliphatic carboxylic acids is 1. The lowest BCUT2D eigenvalue weighted by Gasteiger charge is -2.34. The standard InChI is InChI=1S/C16H30N2O3/c1-12(2)10-13(3)18(4)15(21)17-11-16(14(19)20)8-6-5-7-9-16/h12-13H,5-11H2,1-4H3,(H,17,21)(H,19,20). The predicted molar refractivity (Wildman–Crippen MR) is 83.2 cm³/mol. The van der Waals surface area contributed by atoms with Crippen LogP contribution >= 0.6 is 0 Å². The van der Waals surface area contributed by atoms with Gasteiger partial charge < -0.3 is 15.3 Å². The van der Waals surface area contributed by atoms with E-state index in [-0.39, 0.29) is 18.6 Å². The third-order valence-electron chi connectivity index (χ3n) is 4.64. The van der Waals surface area contributed by atoms with Crippen LogP contribution in [0.1, 0.15) is 59.3 Å². The molecule has 1 saturated carbocycles. The number of nitrogens with zero attached hydrogens (tertiary/aromatic N) is 1. The van der Waals surface area contributed by atoms with Gasteiger partial charge in [-0.25, -0.2) is 4.79 Å². The van der Waals surface area contributed by atoms with Crippen LogP contribution in [0.5, 0.6) is 0 Å². The van der Waals surface area contributed by atoms with Gasteiger partial charge in [-0.3, -0.25) is 4.79 Å². The molecule has 21 heavy (non-hydrogen) atoms. The molecular formula is C16H30N2O3. The summed E-state index contributed by atoms with van der Waals surface area (Å²) in [6, 6.07) is -0.0218. The number of rotatable bonds is 6. The van der Waals surface area contributed by atoms with Crippen molar-refractivity contribution in [2.45, 2.75) is 65.3 Å². The van der Waals surface area contributed by atoms with Crippen LogP contribution in [0.15, 0.2) is 0 Å². The lowest BCUT2D eigenvalue weighted by atomic mass is 9.74. The fourth-order valence-electron chi connectivity index (χ4n) is 3.10. The van der Waals surface area contributed by atoms with E-state index in [2.05, 4.69) is 19.2 Å². The molecule has 2 N–H and O–H groups in total. The van der Waals surface area contributed by atoms with Crippen molar-refractivity contribution >= 4 is 12.0 Å². The highest BCUT2D eigenvalue weighted by Gasteiger charge is 2.40. The first-order valence-corrected chi connectivity index (χ1v) is 8.02. The Balaban J connectivity index is 2.55. The number of carbonyl (C=O) groups excluding carboxylic acids is 1. The fraction of sp³-hybridized carbons (Fsp3) is 0.875. The van der Waals surface area contributed by atoms with Crippen molar-refractivity contribution in [2.75, 3.05) is 13.6 Å². The highest BCUT2D eigenvalue weighted by Crippen LogP contribution is 2.36. The minimum atomic E-state index is -0.777. The molecule has 1 rings (SSSR count). The maximum atomic E-state index is 12.2. The average molecular weight is 298 g/mol. The second-order valence-electron chi connectivity index (χ2n) is 6.89. The van der Waals surface area contributed by atoms with Crippen molar-refractivity contribution in [1.29, 1.82) is 0 Å². The van der Waals surface area contributed by atoms with E-state index in [9.17, 15) is 14.7 Å². The Labute approximate surface area is 128 Å². The highest BCUT2D eigenvalue weighted by molar-refractivity contribution is 5.78. The number of carboxylic acid groups (broad SMARTS) is 1. The maximum absolute atomic E-state index is 12.2. The third kappa shape index (κ3) is 4.90. The first-order chi connectivity index (χ1) is 9.78. The molecule has 0 aromatic rings. The highest BCUT2D eigenvalue weighted by atomic mass is 16.4. The molecule has 0 aromatic carbocycles. The third-order valence-corrected chi connectivity index (χ3v) is 4.64. The number of amides is 2. The first-order valence-electron chi connectivity index (χ1n) is 8.02. The zero-order chi connectivity index (χ0) is 16.0. The molecule has 1 unspecified atom stereocenters.